The number of hydrogen-bond donors (Lipinski definition) is 1. The lowest BCUT2D eigenvalue weighted by atomic mass is 9.84. The van der Waals surface area contributed by atoms with Crippen molar-refractivity contribution in [3.8, 4) is 5.75 Å². The maximum absolute atomic E-state index is 12.4. The van der Waals surface area contributed by atoms with Crippen LogP contribution in [0.3, 0.4) is 0 Å². The Kier molecular flexibility index (Phi) is 7.15. The summed E-state index contributed by atoms with van der Waals surface area (Å²) in [6, 6.07) is 12.5. The van der Waals surface area contributed by atoms with E-state index in [0.29, 0.717) is 27.9 Å². The van der Waals surface area contributed by atoms with Crippen molar-refractivity contribution in [3.63, 3.8) is 0 Å². The lowest BCUT2D eigenvalue weighted by molar-refractivity contribution is -0.118. The SMILES string of the molecule is CN(C)C(=O)c1cccc(NC(=O)COc2ccc(Cl)cc2C2CCCCC2)c1. The molecule has 0 atom stereocenters. The minimum atomic E-state index is -0.274. The number of halogens is 1. The molecule has 154 valence electrons. The van der Waals surface area contributed by atoms with Crippen LogP contribution in [0.2, 0.25) is 5.02 Å². The van der Waals surface area contributed by atoms with Crippen LogP contribution in [0.25, 0.3) is 0 Å². The molecule has 0 bridgehead atoms. The summed E-state index contributed by atoms with van der Waals surface area (Å²) in [6.07, 6.45) is 5.93. The largest absolute Gasteiger partial charge is 0.483 e. The minimum Gasteiger partial charge on any atom is -0.483 e. The summed E-state index contributed by atoms with van der Waals surface area (Å²) in [4.78, 5) is 26.0. The van der Waals surface area contributed by atoms with Crippen LogP contribution in [0, 0.1) is 0 Å². The van der Waals surface area contributed by atoms with E-state index in [2.05, 4.69) is 5.32 Å². The lowest BCUT2D eigenvalue weighted by Crippen LogP contribution is -2.23. The first-order valence-corrected chi connectivity index (χ1v) is 10.4. The number of benzene rings is 2. The number of hydrogen-bond acceptors (Lipinski definition) is 3. The molecule has 5 nitrogen and oxygen atoms in total. The van der Waals surface area contributed by atoms with Crippen LogP contribution in [0.4, 0.5) is 5.69 Å². The molecule has 1 saturated carbocycles. The Morgan fingerprint density at radius 2 is 1.86 bits per heavy atom. The van der Waals surface area contributed by atoms with Crippen molar-refractivity contribution in [1.29, 1.82) is 0 Å². The quantitative estimate of drug-likeness (QED) is 0.714. The van der Waals surface area contributed by atoms with Crippen LogP contribution in [-0.2, 0) is 4.79 Å². The van der Waals surface area contributed by atoms with Crippen molar-refractivity contribution < 1.29 is 14.3 Å². The van der Waals surface area contributed by atoms with Crippen LogP contribution in [-0.4, -0.2) is 37.4 Å². The van der Waals surface area contributed by atoms with Crippen molar-refractivity contribution in [3.05, 3.63) is 58.6 Å². The molecule has 1 aliphatic carbocycles. The van der Waals surface area contributed by atoms with Gasteiger partial charge in [0.05, 0.1) is 0 Å². The van der Waals surface area contributed by atoms with Gasteiger partial charge in [-0.2, -0.15) is 0 Å². The van der Waals surface area contributed by atoms with Gasteiger partial charge in [-0.15, -0.1) is 0 Å². The number of rotatable bonds is 6. The second-order valence-electron chi connectivity index (χ2n) is 7.63. The highest BCUT2D eigenvalue weighted by Crippen LogP contribution is 2.38. The molecule has 0 saturated heterocycles. The first-order chi connectivity index (χ1) is 13.9. The van der Waals surface area contributed by atoms with Crippen LogP contribution >= 0.6 is 11.6 Å². The average Bonchev–Trinajstić information content (AvgIpc) is 2.73. The molecule has 3 rings (SSSR count). The predicted molar refractivity (Wildman–Crippen MR) is 116 cm³/mol. The predicted octanol–water partition coefficient (Wildman–Crippen LogP) is 5.11. The van der Waals surface area contributed by atoms with E-state index in [1.807, 2.05) is 12.1 Å². The van der Waals surface area contributed by atoms with Gasteiger partial charge in [0.25, 0.3) is 11.8 Å². The number of nitrogens with one attached hydrogen (secondary N) is 1. The molecule has 0 radical (unpaired) electrons. The van der Waals surface area contributed by atoms with E-state index in [1.165, 1.54) is 24.2 Å². The maximum atomic E-state index is 12.4. The molecule has 0 aliphatic heterocycles. The summed E-state index contributed by atoms with van der Waals surface area (Å²) < 4.78 is 5.85. The van der Waals surface area contributed by atoms with E-state index < -0.39 is 0 Å². The molecule has 0 heterocycles. The van der Waals surface area contributed by atoms with E-state index >= 15 is 0 Å². The van der Waals surface area contributed by atoms with Crippen molar-refractivity contribution >= 4 is 29.1 Å². The van der Waals surface area contributed by atoms with Gasteiger partial charge < -0.3 is 15.0 Å². The summed E-state index contributed by atoms with van der Waals surface area (Å²) in [5.41, 5.74) is 2.17. The summed E-state index contributed by atoms with van der Waals surface area (Å²) in [5, 5.41) is 3.48. The van der Waals surface area contributed by atoms with Crippen LogP contribution in [0.1, 0.15) is 53.9 Å². The Hall–Kier alpha value is -2.53. The summed E-state index contributed by atoms with van der Waals surface area (Å²) in [5.74, 6) is 0.752. The lowest BCUT2D eigenvalue weighted by Gasteiger charge is -2.24. The van der Waals surface area contributed by atoms with Crippen molar-refractivity contribution in [2.75, 3.05) is 26.0 Å². The number of amides is 2. The Bertz CT molecular complexity index is 876. The highest BCUT2D eigenvalue weighted by molar-refractivity contribution is 6.30. The van der Waals surface area contributed by atoms with Gasteiger partial charge >= 0.3 is 0 Å². The molecule has 0 unspecified atom stereocenters. The zero-order valence-electron chi connectivity index (χ0n) is 16.9. The van der Waals surface area contributed by atoms with Crippen LogP contribution in [0.15, 0.2) is 42.5 Å². The summed E-state index contributed by atoms with van der Waals surface area (Å²) in [6.45, 7) is -0.104. The van der Waals surface area contributed by atoms with Gasteiger partial charge in [-0.25, -0.2) is 0 Å². The number of anilines is 1. The maximum Gasteiger partial charge on any atom is 0.262 e. The molecule has 29 heavy (non-hydrogen) atoms. The number of carbonyl (C=O) groups excluding carboxylic acids is 2. The second-order valence-corrected chi connectivity index (χ2v) is 8.07. The number of ether oxygens (including phenoxy) is 1. The zero-order chi connectivity index (χ0) is 20.8. The van der Waals surface area contributed by atoms with Gasteiger partial charge in [0.15, 0.2) is 6.61 Å². The third-order valence-corrected chi connectivity index (χ3v) is 5.41. The third kappa shape index (κ3) is 5.73. The molecule has 1 fully saturated rings. The van der Waals surface area contributed by atoms with E-state index in [-0.39, 0.29) is 18.4 Å². The van der Waals surface area contributed by atoms with E-state index in [9.17, 15) is 9.59 Å². The Morgan fingerprint density at radius 1 is 1.10 bits per heavy atom. The van der Waals surface area contributed by atoms with Crippen molar-refractivity contribution in [2.24, 2.45) is 0 Å². The molecule has 1 N–H and O–H groups in total. The fourth-order valence-corrected chi connectivity index (χ4v) is 3.89. The van der Waals surface area contributed by atoms with E-state index in [1.54, 1.807) is 44.4 Å². The molecule has 2 amide bonds. The van der Waals surface area contributed by atoms with Gasteiger partial charge in [0.1, 0.15) is 5.75 Å². The molecule has 2 aromatic rings. The van der Waals surface area contributed by atoms with E-state index in [0.717, 1.165) is 18.4 Å². The monoisotopic (exact) mass is 414 g/mol. The average molecular weight is 415 g/mol. The van der Waals surface area contributed by atoms with Crippen molar-refractivity contribution in [1.82, 2.24) is 4.90 Å². The first kappa shape index (κ1) is 21.2. The topological polar surface area (TPSA) is 58.6 Å². The summed E-state index contributed by atoms with van der Waals surface area (Å²) in [7, 11) is 3.38. The van der Waals surface area contributed by atoms with Gasteiger partial charge in [-0.1, -0.05) is 36.9 Å². The normalized spacial score (nSPS) is 14.3. The molecular formula is C23H27ClN2O3. The van der Waals surface area contributed by atoms with Gasteiger partial charge in [-0.3, -0.25) is 9.59 Å². The Labute approximate surface area is 177 Å². The zero-order valence-corrected chi connectivity index (χ0v) is 17.7. The molecule has 0 aromatic heterocycles. The smallest absolute Gasteiger partial charge is 0.262 e. The second kappa shape index (κ2) is 9.79. The van der Waals surface area contributed by atoms with Gasteiger partial charge in [0, 0.05) is 30.4 Å². The fourth-order valence-electron chi connectivity index (χ4n) is 3.71. The third-order valence-electron chi connectivity index (χ3n) is 5.18. The Morgan fingerprint density at radius 3 is 2.59 bits per heavy atom. The van der Waals surface area contributed by atoms with Crippen LogP contribution in [0.5, 0.6) is 5.75 Å². The molecule has 0 spiro atoms. The molecule has 6 heteroatoms. The van der Waals surface area contributed by atoms with Crippen LogP contribution < -0.4 is 10.1 Å². The number of nitrogens with zero attached hydrogens (tertiary/aromatic N) is 1. The highest BCUT2D eigenvalue weighted by atomic mass is 35.5. The molecule has 2 aromatic carbocycles. The van der Waals surface area contributed by atoms with Crippen molar-refractivity contribution in [2.45, 2.75) is 38.0 Å². The van der Waals surface area contributed by atoms with Gasteiger partial charge in [0.2, 0.25) is 0 Å². The fraction of sp³-hybridized carbons (Fsp3) is 0.391. The van der Waals surface area contributed by atoms with Gasteiger partial charge in [-0.05, 0) is 60.7 Å². The highest BCUT2D eigenvalue weighted by Gasteiger charge is 2.20. The first-order valence-electron chi connectivity index (χ1n) is 9.98. The number of carbonyl (C=O) groups is 2. The Balaban J connectivity index is 1.64. The summed E-state index contributed by atoms with van der Waals surface area (Å²) >= 11 is 6.20. The minimum absolute atomic E-state index is 0.104. The standard InChI is InChI=1S/C23H27ClN2O3/c1-26(2)23(28)17-9-6-10-19(13-17)25-22(27)15-29-21-12-11-18(24)14-20(21)16-7-4-3-5-8-16/h6,9-14,16H,3-5,7-8,15H2,1-2H3,(H,25,27). The molecular weight excluding hydrogens is 388 g/mol. The molecule has 1 aliphatic rings. The van der Waals surface area contributed by atoms with E-state index in [4.69, 9.17) is 16.3 Å².